The molecule has 1 aromatic carbocycles. The molecular weight excluding hydrogens is 276 g/mol. The molecule has 112 valence electrons. The summed E-state index contributed by atoms with van der Waals surface area (Å²) in [6.45, 7) is 2.13. The van der Waals surface area contributed by atoms with E-state index in [4.69, 9.17) is 5.73 Å². The number of nitrogens with two attached hydrogens (primary N) is 1. The highest BCUT2D eigenvalue weighted by atomic mass is 32.2. The van der Waals surface area contributed by atoms with Crippen LogP contribution in [0.3, 0.4) is 0 Å². The number of aryl methyl sites for hydroxylation is 1. The predicted octanol–water partition coefficient (Wildman–Crippen LogP) is 1.50. The van der Waals surface area contributed by atoms with E-state index in [-0.39, 0.29) is 17.5 Å². The predicted molar refractivity (Wildman–Crippen MR) is 78.8 cm³/mol. The first kappa shape index (κ1) is 15.3. The number of rotatable bonds is 3. The molecule has 0 bridgehead atoms. The fourth-order valence-corrected chi connectivity index (χ4v) is 4.36. The number of aliphatic hydroxyl groups excluding tert-OH is 1. The summed E-state index contributed by atoms with van der Waals surface area (Å²) >= 11 is 0. The number of nitrogen functional groups attached to an aromatic ring is 1. The molecule has 1 aliphatic rings. The van der Waals surface area contributed by atoms with Crippen LogP contribution < -0.4 is 5.73 Å². The molecule has 1 aromatic rings. The van der Waals surface area contributed by atoms with Crippen LogP contribution in [-0.2, 0) is 10.0 Å². The number of aliphatic hydroxyl groups is 1. The first-order valence-electron chi connectivity index (χ1n) is 6.95. The van der Waals surface area contributed by atoms with E-state index >= 15 is 0 Å². The molecule has 3 N–H and O–H groups in total. The van der Waals surface area contributed by atoms with Crippen LogP contribution in [0.25, 0.3) is 0 Å². The summed E-state index contributed by atoms with van der Waals surface area (Å²) in [6, 6.07) is 4.44. The van der Waals surface area contributed by atoms with Gasteiger partial charge in [0.25, 0.3) is 0 Å². The van der Waals surface area contributed by atoms with Crippen LogP contribution in [0.1, 0.15) is 31.2 Å². The Morgan fingerprint density at radius 3 is 2.75 bits per heavy atom. The molecule has 0 aromatic heterocycles. The lowest BCUT2D eigenvalue weighted by Crippen LogP contribution is -2.42. The third-order valence-corrected chi connectivity index (χ3v) is 5.83. The van der Waals surface area contributed by atoms with Crippen LogP contribution in [0.2, 0.25) is 0 Å². The fourth-order valence-electron chi connectivity index (χ4n) is 2.59. The second kappa shape index (κ2) is 6.11. The normalized spacial score (nSPS) is 21.6. The van der Waals surface area contributed by atoms with Gasteiger partial charge in [-0.05, 0) is 43.5 Å². The largest absolute Gasteiger partial charge is 0.399 e. The zero-order chi connectivity index (χ0) is 14.8. The van der Waals surface area contributed by atoms with E-state index in [1.165, 1.54) is 10.4 Å². The maximum Gasteiger partial charge on any atom is 0.243 e. The molecule has 5 nitrogen and oxygen atoms in total. The molecule has 1 unspecified atom stereocenters. The van der Waals surface area contributed by atoms with Crippen LogP contribution in [-0.4, -0.2) is 37.0 Å². The summed E-state index contributed by atoms with van der Waals surface area (Å²) in [5, 5.41) is 9.47. The second-order valence-corrected chi connectivity index (χ2v) is 7.21. The van der Waals surface area contributed by atoms with Gasteiger partial charge in [-0.2, -0.15) is 4.31 Å². The van der Waals surface area contributed by atoms with Crippen molar-refractivity contribution >= 4 is 15.7 Å². The van der Waals surface area contributed by atoms with Gasteiger partial charge in [0.1, 0.15) is 0 Å². The van der Waals surface area contributed by atoms with Gasteiger partial charge in [0.15, 0.2) is 0 Å². The van der Waals surface area contributed by atoms with Crippen molar-refractivity contribution in [2.45, 2.75) is 43.5 Å². The Hall–Kier alpha value is -1.11. The number of anilines is 1. The van der Waals surface area contributed by atoms with Crippen molar-refractivity contribution in [2.75, 3.05) is 18.9 Å². The molecule has 1 saturated heterocycles. The van der Waals surface area contributed by atoms with Crippen LogP contribution >= 0.6 is 0 Å². The lowest BCUT2D eigenvalue weighted by Gasteiger charge is -2.27. The van der Waals surface area contributed by atoms with E-state index in [2.05, 4.69) is 0 Å². The Kier molecular flexibility index (Phi) is 4.67. The SMILES string of the molecule is Cc1cc(S(=O)(=O)N2CCCCCC2CO)ccc1N. The molecule has 1 aliphatic heterocycles. The van der Waals surface area contributed by atoms with Crippen molar-refractivity contribution in [1.82, 2.24) is 4.31 Å². The van der Waals surface area contributed by atoms with E-state index in [1.807, 2.05) is 0 Å². The molecule has 0 aliphatic carbocycles. The second-order valence-electron chi connectivity index (χ2n) is 5.32. The Morgan fingerprint density at radius 1 is 1.35 bits per heavy atom. The van der Waals surface area contributed by atoms with Gasteiger partial charge in [-0.3, -0.25) is 0 Å². The summed E-state index contributed by atoms with van der Waals surface area (Å²) in [4.78, 5) is 0.254. The summed E-state index contributed by atoms with van der Waals surface area (Å²) in [5.74, 6) is 0. The summed E-state index contributed by atoms with van der Waals surface area (Å²) in [6.07, 6.45) is 3.51. The molecule has 1 atom stereocenters. The van der Waals surface area contributed by atoms with Crippen LogP contribution in [0.4, 0.5) is 5.69 Å². The minimum absolute atomic E-state index is 0.132. The van der Waals surface area contributed by atoms with Gasteiger partial charge < -0.3 is 10.8 Å². The molecule has 20 heavy (non-hydrogen) atoms. The topological polar surface area (TPSA) is 83.6 Å². The van der Waals surface area contributed by atoms with E-state index in [9.17, 15) is 13.5 Å². The lowest BCUT2D eigenvalue weighted by molar-refractivity contribution is 0.186. The Labute approximate surface area is 120 Å². The molecule has 1 fully saturated rings. The van der Waals surface area contributed by atoms with Crippen molar-refractivity contribution in [3.8, 4) is 0 Å². The third-order valence-electron chi connectivity index (χ3n) is 3.88. The highest BCUT2D eigenvalue weighted by molar-refractivity contribution is 7.89. The third kappa shape index (κ3) is 2.97. The quantitative estimate of drug-likeness (QED) is 0.828. The van der Waals surface area contributed by atoms with Crippen molar-refractivity contribution in [3.05, 3.63) is 23.8 Å². The van der Waals surface area contributed by atoms with Crippen LogP contribution in [0.5, 0.6) is 0 Å². The summed E-state index contributed by atoms with van der Waals surface area (Å²) < 4.78 is 26.9. The maximum absolute atomic E-state index is 12.7. The monoisotopic (exact) mass is 298 g/mol. The fraction of sp³-hybridized carbons (Fsp3) is 0.571. The van der Waals surface area contributed by atoms with E-state index in [0.29, 0.717) is 18.7 Å². The number of sulfonamides is 1. The lowest BCUT2D eigenvalue weighted by atomic mass is 10.1. The number of nitrogens with zero attached hydrogens (tertiary/aromatic N) is 1. The first-order chi connectivity index (χ1) is 9.46. The zero-order valence-electron chi connectivity index (χ0n) is 11.7. The molecule has 2 rings (SSSR count). The van der Waals surface area contributed by atoms with Crippen LogP contribution in [0.15, 0.2) is 23.1 Å². The van der Waals surface area contributed by atoms with Gasteiger partial charge in [0, 0.05) is 18.3 Å². The summed E-state index contributed by atoms with van der Waals surface area (Å²) in [7, 11) is -3.57. The minimum Gasteiger partial charge on any atom is -0.399 e. The van der Waals surface area contributed by atoms with Gasteiger partial charge in [0.2, 0.25) is 10.0 Å². The minimum atomic E-state index is -3.57. The standard InChI is InChI=1S/C14H22N2O3S/c1-11-9-13(6-7-14(11)15)20(18,19)16-8-4-2-3-5-12(16)10-17/h6-7,9,12,17H,2-5,8,10,15H2,1H3. The Balaban J connectivity index is 2.38. The Bertz CT molecular complexity index is 572. The van der Waals surface area contributed by atoms with Gasteiger partial charge in [-0.15, -0.1) is 0 Å². The zero-order valence-corrected chi connectivity index (χ0v) is 12.6. The maximum atomic E-state index is 12.7. The molecule has 0 amide bonds. The van der Waals surface area contributed by atoms with Crippen molar-refractivity contribution in [2.24, 2.45) is 0 Å². The molecule has 0 saturated carbocycles. The average molecular weight is 298 g/mol. The van der Waals surface area contributed by atoms with Gasteiger partial charge in [-0.25, -0.2) is 8.42 Å². The molecule has 0 spiro atoms. The highest BCUT2D eigenvalue weighted by Crippen LogP contribution is 2.26. The Morgan fingerprint density at radius 2 is 2.10 bits per heavy atom. The number of hydrogen-bond donors (Lipinski definition) is 2. The van der Waals surface area contributed by atoms with Crippen LogP contribution in [0, 0.1) is 6.92 Å². The van der Waals surface area contributed by atoms with Gasteiger partial charge in [-0.1, -0.05) is 12.8 Å². The highest BCUT2D eigenvalue weighted by Gasteiger charge is 2.32. The molecule has 0 radical (unpaired) electrons. The number of benzene rings is 1. The van der Waals surface area contributed by atoms with Crippen molar-refractivity contribution in [3.63, 3.8) is 0 Å². The van der Waals surface area contributed by atoms with Crippen molar-refractivity contribution in [1.29, 1.82) is 0 Å². The molecule has 6 heteroatoms. The molecule has 1 heterocycles. The van der Waals surface area contributed by atoms with Gasteiger partial charge >= 0.3 is 0 Å². The summed E-state index contributed by atoms with van der Waals surface area (Å²) in [5.41, 5.74) is 7.07. The smallest absolute Gasteiger partial charge is 0.243 e. The van der Waals surface area contributed by atoms with E-state index < -0.39 is 10.0 Å². The van der Waals surface area contributed by atoms with Crippen molar-refractivity contribution < 1.29 is 13.5 Å². The van der Waals surface area contributed by atoms with E-state index in [1.54, 1.807) is 19.1 Å². The number of hydrogen-bond acceptors (Lipinski definition) is 4. The first-order valence-corrected chi connectivity index (χ1v) is 8.39. The molecular formula is C14H22N2O3S. The van der Waals surface area contributed by atoms with E-state index in [0.717, 1.165) is 24.8 Å². The van der Waals surface area contributed by atoms with Gasteiger partial charge in [0.05, 0.1) is 11.5 Å². The average Bonchev–Trinajstić information content (AvgIpc) is 2.67.